The van der Waals surface area contributed by atoms with Crippen molar-refractivity contribution in [2.24, 2.45) is 0 Å². The van der Waals surface area contributed by atoms with Gasteiger partial charge in [-0.3, -0.25) is 0 Å². The minimum Gasteiger partial charge on any atom is -0.361 e. The van der Waals surface area contributed by atoms with Crippen LogP contribution >= 0.6 is 0 Å². The van der Waals surface area contributed by atoms with E-state index in [1.165, 1.54) is 5.56 Å². The van der Waals surface area contributed by atoms with Gasteiger partial charge in [0.05, 0.1) is 5.69 Å². The molecule has 2 aromatic rings. The van der Waals surface area contributed by atoms with Crippen LogP contribution in [0, 0.1) is 13.8 Å². The molecule has 2 rings (SSSR count). The first kappa shape index (κ1) is 18.0. The molecule has 1 heterocycles. The molecule has 1 N–H and O–H groups in total. The lowest BCUT2D eigenvalue weighted by Crippen LogP contribution is -2.42. The maximum Gasteiger partial charge on any atom is 0.317 e. The first-order valence-electron chi connectivity index (χ1n) is 8.41. The molecule has 5 heteroatoms. The molecule has 1 atom stereocenters. The Morgan fingerprint density at radius 2 is 1.88 bits per heavy atom. The number of amides is 2. The van der Waals surface area contributed by atoms with Crippen molar-refractivity contribution >= 4 is 6.03 Å². The largest absolute Gasteiger partial charge is 0.361 e. The van der Waals surface area contributed by atoms with E-state index in [0.717, 1.165) is 29.0 Å². The summed E-state index contributed by atoms with van der Waals surface area (Å²) in [7, 11) is 1.81. The molecule has 1 aromatic carbocycles. The monoisotopic (exact) mass is 329 g/mol. The van der Waals surface area contributed by atoms with Gasteiger partial charge in [-0.25, -0.2) is 4.79 Å². The molecule has 0 spiro atoms. The number of urea groups is 1. The molecule has 5 nitrogen and oxygen atoms in total. The molecule has 1 unspecified atom stereocenters. The zero-order valence-electron chi connectivity index (χ0n) is 15.2. The lowest BCUT2D eigenvalue weighted by Gasteiger charge is -2.21. The molecule has 0 aliphatic rings. The standard InChI is InChI=1S/C19H27N3O2/c1-6-16-7-9-17(10-8-16)12-22(5)19(23)20-13(2)11-18-14(3)21-24-15(18)4/h7-10,13H,6,11-12H2,1-5H3,(H,20,23). The minimum atomic E-state index is -0.0752. The molecule has 130 valence electrons. The van der Waals surface area contributed by atoms with Crippen molar-refractivity contribution in [3.63, 3.8) is 0 Å². The lowest BCUT2D eigenvalue weighted by molar-refractivity contribution is 0.203. The second kappa shape index (κ2) is 7.99. The van der Waals surface area contributed by atoms with Gasteiger partial charge in [0.25, 0.3) is 0 Å². The van der Waals surface area contributed by atoms with Crippen LogP contribution in [-0.4, -0.2) is 29.2 Å². The SMILES string of the molecule is CCc1ccc(CN(C)C(=O)NC(C)Cc2c(C)noc2C)cc1. The average Bonchev–Trinajstić information content (AvgIpc) is 2.87. The minimum absolute atomic E-state index is 0.0132. The van der Waals surface area contributed by atoms with Crippen molar-refractivity contribution in [2.75, 3.05) is 7.05 Å². The quantitative estimate of drug-likeness (QED) is 0.880. The summed E-state index contributed by atoms with van der Waals surface area (Å²) in [6.45, 7) is 8.54. The third-order valence-electron chi connectivity index (χ3n) is 4.26. The average molecular weight is 329 g/mol. The van der Waals surface area contributed by atoms with Crippen LogP contribution < -0.4 is 5.32 Å². The van der Waals surface area contributed by atoms with Crippen molar-refractivity contribution in [2.45, 2.75) is 53.1 Å². The molecule has 0 aliphatic heterocycles. The van der Waals surface area contributed by atoms with Gasteiger partial charge >= 0.3 is 6.03 Å². The van der Waals surface area contributed by atoms with Gasteiger partial charge < -0.3 is 14.7 Å². The Morgan fingerprint density at radius 1 is 1.25 bits per heavy atom. The van der Waals surface area contributed by atoms with Gasteiger partial charge in [-0.2, -0.15) is 0 Å². The van der Waals surface area contributed by atoms with Crippen LogP contribution in [0.4, 0.5) is 4.79 Å². The summed E-state index contributed by atoms with van der Waals surface area (Å²) >= 11 is 0. The highest BCUT2D eigenvalue weighted by molar-refractivity contribution is 5.74. The fraction of sp³-hybridized carbons (Fsp3) is 0.474. The number of nitrogens with zero attached hydrogens (tertiary/aromatic N) is 2. The second-order valence-corrected chi connectivity index (χ2v) is 6.38. The van der Waals surface area contributed by atoms with Crippen LogP contribution in [-0.2, 0) is 19.4 Å². The summed E-state index contributed by atoms with van der Waals surface area (Å²) in [5.41, 5.74) is 4.39. The van der Waals surface area contributed by atoms with Crippen molar-refractivity contribution < 1.29 is 9.32 Å². The van der Waals surface area contributed by atoms with Crippen LogP contribution in [0.1, 0.15) is 42.0 Å². The highest BCUT2D eigenvalue weighted by atomic mass is 16.5. The van der Waals surface area contributed by atoms with Crippen LogP contribution in [0.3, 0.4) is 0 Å². The van der Waals surface area contributed by atoms with E-state index >= 15 is 0 Å². The molecule has 0 aliphatic carbocycles. The van der Waals surface area contributed by atoms with Gasteiger partial charge in [-0.1, -0.05) is 36.3 Å². The number of rotatable bonds is 6. The maximum atomic E-state index is 12.4. The zero-order valence-corrected chi connectivity index (χ0v) is 15.2. The summed E-state index contributed by atoms with van der Waals surface area (Å²) < 4.78 is 5.17. The number of nitrogens with one attached hydrogen (secondary N) is 1. The van der Waals surface area contributed by atoms with Crippen molar-refractivity contribution in [3.8, 4) is 0 Å². The smallest absolute Gasteiger partial charge is 0.317 e. The summed E-state index contributed by atoms with van der Waals surface area (Å²) in [5.74, 6) is 0.818. The lowest BCUT2D eigenvalue weighted by atomic mass is 10.1. The number of carbonyl (C=O) groups excluding carboxylic acids is 1. The van der Waals surface area contributed by atoms with Gasteiger partial charge in [0, 0.05) is 25.2 Å². The Balaban J connectivity index is 1.88. The Kier molecular flexibility index (Phi) is 6.01. The van der Waals surface area contributed by atoms with E-state index in [4.69, 9.17) is 4.52 Å². The Hall–Kier alpha value is -2.30. The molecule has 0 saturated heterocycles. The molecular weight excluding hydrogens is 302 g/mol. The highest BCUT2D eigenvalue weighted by Crippen LogP contribution is 2.14. The van der Waals surface area contributed by atoms with Crippen LogP contribution in [0.25, 0.3) is 0 Å². The van der Waals surface area contributed by atoms with E-state index in [9.17, 15) is 4.79 Å². The molecule has 1 aromatic heterocycles. The third-order valence-corrected chi connectivity index (χ3v) is 4.26. The third kappa shape index (κ3) is 4.60. The molecule has 0 fully saturated rings. The van der Waals surface area contributed by atoms with Crippen LogP contribution in [0.5, 0.6) is 0 Å². The van der Waals surface area contributed by atoms with Gasteiger partial charge in [0.1, 0.15) is 5.76 Å². The fourth-order valence-corrected chi connectivity index (χ4v) is 2.70. The Labute approximate surface area is 144 Å². The highest BCUT2D eigenvalue weighted by Gasteiger charge is 2.16. The summed E-state index contributed by atoms with van der Waals surface area (Å²) in [6, 6.07) is 8.32. The van der Waals surface area contributed by atoms with Crippen molar-refractivity contribution in [1.82, 2.24) is 15.4 Å². The first-order chi connectivity index (χ1) is 11.4. The van der Waals surface area contributed by atoms with Crippen LogP contribution in [0.15, 0.2) is 28.8 Å². The predicted molar refractivity (Wildman–Crippen MR) is 95.0 cm³/mol. The van der Waals surface area contributed by atoms with Crippen molar-refractivity contribution in [1.29, 1.82) is 0 Å². The summed E-state index contributed by atoms with van der Waals surface area (Å²) in [5, 5.41) is 6.99. The summed E-state index contributed by atoms with van der Waals surface area (Å²) in [4.78, 5) is 14.1. The zero-order chi connectivity index (χ0) is 17.7. The normalized spacial score (nSPS) is 12.0. The van der Waals surface area contributed by atoms with Crippen LogP contribution in [0.2, 0.25) is 0 Å². The topological polar surface area (TPSA) is 58.4 Å². The number of hydrogen-bond acceptors (Lipinski definition) is 3. The maximum absolute atomic E-state index is 12.4. The summed E-state index contributed by atoms with van der Waals surface area (Å²) in [6.07, 6.45) is 1.74. The van der Waals surface area contributed by atoms with E-state index in [2.05, 4.69) is 41.7 Å². The molecule has 24 heavy (non-hydrogen) atoms. The fourth-order valence-electron chi connectivity index (χ4n) is 2.70. The number of benzene rings is 1. The number of aryl methyl sites for hydroxylation is 3. The number of carbonyl (C=O) groups is 1. The number of aromatic nitrogens is 1. The van der Waals surface area contributed by atoms with Gasteiger partial charge in [0.2, 0.25) is 0 Å². The molecule has 0 radical (unpaired) electrons. The molecule has 2 amide bonds. The van der Waals surface area contributed by atoms with Crippen molar-refractivity contribution in [3.05, 3.63) is 52.4 Å². The van der Waals surface area contributed by atoms with Gasteiger partial charge in [-0.05, 0) is 44.7 Å². The van der Waals surface area contributed by atoms with E-state index < -0.39 is 0 Å². The Bertz CT molecular complexity index is 657. The van der Waals surface area contributed by atoms with E-state index in [1.54, 1.807) is 4.90 Å². The first-order valence-corrected chi connectivity index (χ1v) is 8.41. The Morgan fingerprint density at radius 3 is 2.42 bits per heavy atom. The van der Waals surface area contributed by atoms with E-state index in [1.807, 2.05) is 27.8 Å². The van der Waals surface area contributed by atoms with E-state index in [0.29, 0.717) is 13.0 Å². The van der Waals surface area contributed by atoms with Gasteiger partial charge in [-0.15, -0.1) is 0 Å². The molecular formula is C19H27N3O2. The molecule has 0 bridgehead atoms. The van der Waals surface area contributed by atoms with E-state index in [-0.39, 0.29) is 12.1 Å². The second-order valence-electron chi connectivity index (χ2n) is 6.38. The predicted octanol–water partition coefficient (Wildman–Crippen LogP) is 3.63. The number of hydrogen-bond donors (Lipinski definition) is 1. The van der Waals surface area contributed by atoms with Gasteiger partial charge in [0.15, 0.2) is 0 Å². The molecule has 0 saturated carbocycles.